The summed E-state index contributed by atoms with van der Waals surface area (Å²) in [6, 6.07) is 16.9. The summed E-state index contributed by atoms with van der Waals surface area (Å²) in [7, 11) is 0. The Kier molecular flexibility index (Phi) is 5.14. The van der Waals surface area contributed by atoms with Crippen LogP contribution in [0.2, 0.25) is 5.02 Å². The van der Waals surface area contributed by atoms with Crippen molar-refractivity contribution in [3.05, 3.63) is 83.3 Å². The van der Waals surface area contributed by atoms with Gasteiger partial charge in [-0.25, -0.2) is 9.97 Å². The van der Waals surface area contributed by atoms with Crippen LogP contribution < -0.4 is 10.5 Å². The van der Waals surface area contributed by atoms with E-state index in [1.807, 2.05) is 62.4 Å². The average molecular weight is 403 g/mol. The molecule has 0 bridgehead atoms. The van der Waals surface area contributed by atoms with Crippen LogP contribution in [0.15, 0.2) is 67.0 Å². The summed E-state index contributed by atoms with van der Waals surface area (Å²) in [5.74, 6) is 1.53. The molecule has 1 aromatic carbocycles. The number of aryl methyl sites for hydroxylation is 2. The fraction of sp³-hybridized carbons (Fsp3) is 0.0870. The second-order valence-corrected chi connectivity index (χ2v) is 7.07. The number of hydrogen-bond acceptors (Lipinski definition) is 5. The molecular weight excluding hydrogens is 384 g/mol. The minimum Gasteiger partial charge on any atom is -0.454 e. The van der Waals surface area contributed by atoms with Gasteiger partial charge < -0.3 is 10.5 Å². The second kappa shape index (κ2) is 7.89. The topological polar surface area (TPSA) is 73.9 Å². The first-order valence-electron chi connectivity index (χ1n) is 9.11. The number of pyridine rings is 3. The van der Waals surface area contributed by atoms with Crippen molar-refractivity contribution >= 4 is 17.4 Å². The standard InChI is InChI=1S/C23H19ClN4O/c1-14-12-20(22(28-15(14)2)18-8-3-4-10-26-18)29-19-9-11-27-23(25)21(19)16-6-5-7-17(24)13-16/h3-13H,1-2H3,(H2,25,27). The van der Waals surface area contributed by atoms with E-state index in [1.54, 1.807) is 18.5 Å². The first-order chi connectivity index (χ1) is 14.0. The smallest absolute Gasteiger partial charge is 0.155 e. The molecule has 0 atom stereocenters. The van der Waals surface area contributed by atoms with E-state index in [4.69, 9.17) is 27.1 Å². The predicted octanol–water partition coefficient (Wildman–Crippen LogP) is 5.85. The van der Waals surface area contributed by atoms with Crippen molar-refractivity contribution in [1.29, 1.82) is 0 Å². The van der Waals surface area contributed by atoms with Gasteiger partial charge in [-0.2, -0.15) is 0 Å². The Morgan fingerprint density at radius 1 is 0.897 bits per heavy atom. The second-order valence-electron chi connectivity index (χ2n) is 6.63. The Morgan fingerprint density at radius 3 is 2.52 bits per heavy atom. The Balaban J connectivity index is 1.86. The summed E-state index contributed by atoms with van der Waals surface area (Å²) in [4.78, 5) is 13.4. The molecule has 0 spiro atoms. The van der Waals surface area contributed by atoms with E-state index < -0.39 is 0 Å². The molecule has 6 heteroatoms. The van der Waals surface area contributed by atoms with Crippen LogP contribution in [-0.4, -0.2) is 15.0 Å². The molecule has 0 aliphatic rings. The third-order valence-corrected chi connectivity index (χ3v) is 4.85. The molecule has 2 N–H and O–H groups in total. The van der Waals surface area contributed by atoms with Crippen molar-refractivity contribution in [1.82, 2.24) is 15.0 Å². The maximum absolute atomic E-state index is 6.34. The molecule has 29 heavy (non-hydrogen) atoms. The molecule has 3 aromatic heterocycles. The van der Waals surface area contributed by atoms with Gasteiger partial charge in [0.05, 0.1) is 11.3 Å². The maximum Gasteiger partial charge on any atom is 0.155 e. The highest BCUT2D eigenvalue weighted by Gasteiger charge is 2.17. The van der Waals surface area contributed by atoms with Crippen LogP contribution in [0.5, 0.6) is 11.5 Å². The first kappa shape index (κ1) is 18.9. The van der Waals surface area contributed by atoms with Gasteiger partial charge in [-0.05, 0) is 61.4 Å². The zero-order valence-electron chi connectivity index (χ0n) is 16.1. The number of nitrogens with zero attached hydrogens (tertiary/aromatic N) is 3. The van der Waals surface area contributed by atoms with Crippen molar-refractivity contribution in [3.8, 4) is 34.0 Å². The van der Waals surface area contributed by atoms with Gasteiger partial charge in [0.2, 0.25) is 0 Å². The van der Waals surface area contributed by atoms with Crippen LogP contribution in [0.4, 0.5) is 5.82 Å². The Bertz CT molecular complexity index is 1180. The molecular formula is C23H19ClN4O. The van der Waals surface area contributed by atoms with Crippen molar-refractivity contribution in [2.75, 3.05) is 5.73 Å². The highest BCUT2D eigenvalue weighted by Crippen LogP contribution is 2.40. The highest BCUT2D eigenvalue weighted by atomic mass is 35.5. The van der Waals surface area contributed by atoms with Gasteiger partial charge in [-0.15, -0.1) is 0 Å². The van der Waals surface area contributed by atoms with Crippen LogP contribution in [0.3, 0.4) is 0 Å². The number of anilines is 1. The van der Waals surface area contributed by atoms with Gasteiger partial charge >= 0.3 is 0 Å². The Morgan fingerprint density at radius 2 is 1.76 bits per heavy atom. The number of aromatic nitrogens is 3. The summed E-state index contributed by atoms with van der Waals surface area (Å²) >= 11 is 6.18. The maximum atomic E-state index is 6.34. The molecule has 4 aromatic rings. The molecule has 0 unspecified atom stereocenters. The van der Waals surface area contributed by atoms with Gasteiger partial charge in [0.1, 0.15) is 17.3 Å². The quantitative estimate of drug-likeness (QED) is 0.463. The first-order valence-corrected chi connectivity index (χ1v) is 9.48. The highest BCUT2D eigenvalue weighted by molar-refractivity contribution is 6.30. The monoisotopic (exact) mass is 402 g/mol. The summed E-state index contributed by atoms with van der Waals surface area (Å²) in [6.45, 7) is 3.96. The molecule has 0 radical (unpaired) electrons. The van der Waals surface area contributed by atoms with E-state index in [0.29, 0.717) is 33.6 Å². The van der Waals surface area contributed by atoms with E-state index in [-0.39, 0.29) is 0 Å². The minimum absolute atomic E-state index is 0.362. The molecule has 0 amide bonds. The van der Waals surface area contributed by atoms with E-state index >= 15 is 0 Å². The molecule has 0 saturated heterocycles. The number of nitrogens with two attached hydrogens (primary N) is 1. The zero-order chi connectivity index (χ0) is 20.4. The van der Waals surface area contributed by atoms with Crippen LogP contribution in [0.1, 0.15) is 11.3 Å². The minimum atomic E-state index is 0.362. The number of benzene rings is 1. The largest absolute Gasteiger partial charge is 0.454 e. The normalized spacial score (nSPS) is 10.7. The van der Waals surface area contributed by atoms with Crippen LogP contribution >= 0.6 is 11.6 Å². The Labute approximate surface area is 174 Å². The summed E-state index contributed by atoms with van der Waals surface area (Å²) in [5, 5.41) is 0.610. The molecule has 5 nitrogen and oxygen atoms in total. The third kappa shape index (κ3) is 3.91. The number of rotatable bonds is 4. The van der Waals surface area contributed by atoms with Gasteiger partial charge in [0.25, 0.3) is 0 Å². The fourth-order valence-corrected chi connectivity index (χ4v) is 3.23. The lowest BCUT2D eigenvalue weighted by Crippen LogP contribution is -2.00. The average Bonchev–Trinajstić information content (AvgIpc) is 2.71. The Hall–Kier alpha value is -3.44. The molecule has 0 aliphatic carbocycles. The molecule has 4 rings (SSSR count). The molecule has 144 valence electrons. The lowest BCUT2D eigenvalue weighted by molar-refractivity contribution is 0.483. The summed E-state index contributed by atoms with van der Waals surface area (Å²) in [6.07, 6.45) is 3.35. The number of ether oxygens (including phenoxy) is 1. The number of nitrogen functional groups attached to an aromatic ring is 1. The molecule has 0 fully saturated rings. The summed E-state index contributed by atoms with van der Waals surface area (Å²) in [5.41, 5.74) is 11.0. The van der Waals surface area contributed by atoms with Crippen molar-refractivity contribution in [2.45, 2.75) is 13.8 Å². The third-order valence-electron chi connectivity index (χ3n) is 4.61. The van der Waals surface area contributed by atoms with Gasteiger partial charge in [0, 0.05) is 23.1 Å². The van der Waals surface area contributed by atoms with Gasteiger partial charge in [-0.3, -0.25) is 4.98 Å². The van der Waals surface area contributed by atoms with E-state index in [2.05, 4.69) is 9.97 Å². The molecule has 0 aliphatic heterocycles. The molecule has 3 heterocycles. The van der Waals surface area contributed by atoms with Crippen LogP contribution in [0, 0.1) is 13.8 Å². The lowest BCUT2D eigenvalue weighted by atomic mass is 10.1. The van der Waals surface area contributed by atoms with E-state index in [9.17, 15) is 0 Å². The zero-order valence-corrected chi connectivity index (χ0v) is 16.8. The molecule has 0 saturated carbocycles. The SMILES string of the molecule is Cc1cc(Oc2ccnc(N)c2-c2cccc(Cl)c2)c(-c2ccccn2)nc1C. The lowest BCUT2D eigenvalue weighted by Gasteiger charge is -2.16. The number of halogens is 1. The fourth-order valence-electron chi connectivity index (χ4n) is 3.04. The van der Waals surface area contributed by atoms with Crippen LogP contribution in [0.25, 0.3) is 22.5 Å². The van der Waals surface area contributed by atoms with E-state index in [0.717, 1.165) is 22.5 Å². The van der Waals surface area contributed by atoms with Gasteiger partial charge in [-0.1, -0.05) is 29.8 Å². The predicted molar refractivity (Wildman–Crippen MR) is 116 cm³/mol. The van der Waals surface area contributed by atoms with Crippen molar-refractivity contribution in [3.63, 3.8) is 0 Å². The van der Waals surface area contributed by atoms with E-state index in [1.165, 1.54) is 0 Å². The number of hydrogen-bond donors (Lipinski definition) is 1. The van der Waals surface area contributed by atoms with Crippen LogP contribution in [-0.2, 0) is 0 Å². The summed E-state index contributed by atoms with van der Waals surface area (Å²) < 4.78 is 6.34. The van der Waals surface area contributed by atoms with Gasteiger partial charge in [0.15, 0.2) is 5.75 Å². The van der Waals surface area contributed by atoms with Crippen molar-refractivity contribution in [2.24, 2.45) is 0 Å². The van der Waals surface area contributed by atoms with Crippen molar-refractivity contribution < 1.29 is 4.74 Å².